The Hall–Kier alpha value is -2.48. The molecule has 0 spiro atoms. The molecule has 4 N–H and O–H groups in total. The van der Waals surface area contributed by atoms with E-state index in [2.05, 4.69) is 20.8 Å². The van der Waals surface area contributed by atoms with Crippen molar-refractivity contribution in [2.75, 3.05) is 18.4 Å². The molecule has 0 aliphatic heterocycles. The zero-order valence-corrected chi connectivity index (χ0v) is 13.1. The zero-order valence-electron chi connectivity index (χ0n) is 13.1. The van der Waals surface area contributed by atoms with Crippen LogP contribution in [0.4, 0.5) is 5.69 Å². The van der Waals surface area contributed by atoms with Crippen molar-refractivity contribution in [2.45, 2.75) is 26.4 Å². The van der Waals surface area contributed by atoms with Crippen LogP contribution >= 0.6 is 0 Å². The van der Waals surface area contributed by atoms with E-state index in [1.165, 1.54) is 0 Å². The monoisotopic (exact) mass is 322 g/mol. The lowest BCUT2D eigenvalue weighted by Gasteiger charge is -2.12. The topological polar surface area (TPSA) is 123 Å². The first-order valence-electron chi connectivity index (χ1n) is 7.38. The summed E-state index contributed by atoms with van der Waals surface area (Å²) in [6, 6.07) is 6.75. The van der Waals surface area contributed by atoms with Crippen molar-refractivity contribution in [3.8, 4) is 0 Å². The maximum atomic E-state index is 11.8. The molecule has 0 saturated carbocycles. The van der Waals surface area contributed by atoms with E-state index in [0.717, 1.165) is 12.0 Å². The van der Waals surface area contributed by atoms with Gasteiger partial charge in [0, 0.05) is 11.6 Å². The van der Waals surface area contributed by atoms with Gasteiger partial charge in [-0.15, -0.1) is 4.91 Å². The summed E-state index contributed by atoms with van der Waals surface area (Å²) in [5.41, 5.74) is 6.74. The van der Waals surface area contributed by atoms with E-state index < -0.39 is 0 Å². The SMILES string of the molecule is CC(CCCN)C(=O)NCC(=O)Nc1ccc(CON=O)cc1. The highest BCUT2D eigenvalue weighted by Crippen LogP contribution is 2.10. The summed E-state index contributed by atoms with van der Waals surface area (Å²) in [5.74, 6) is -0.651. The molecule has 8 heteroatoms. The van der Waals surface area contributed by atoms with Gasteiger partial charge in [-0.2, -0.15) is 0 Å². The Morgan fingerprint density at radius 2 is 2.00 bits per heavy atom. The van der Waals surface area contributed by atoms with E-state index in [-0.39, 0.29) is 30.9 Å². The summed E-state index contributed by atoms with van der Waals surface area (Å²) in [6.45, 7) is 2.33. The molecule has 0 aliphatic carbocycles. The van der Waals surface area contributed by atoms with Gasteiger partial charge in [0.2, 0.25) is 11.8 Å². The van der Waals surface area contributed by atoms with Crippen LogP contribution in [0.5, 0.6) is 0 Å². The number of carbonyl (C=O) groups is 2. The number of nitrogens with two attached hydrogens (primary N) is 1. The number of anilines is 1. The number of hydrogen-bond donors (Lipinski definition) is 3. The number of rotatable bonds is 10. The molecule has 8 nitrogen and oxygen atoms in total. The second-order valence-corrected chi connectivity index (χ2v) is 5.14. The number of hydrogen-bond acceptors (Lipinski definition) is 6. The lowest BCUT2D eigenvalue weighted by atomic mass is 10.1. The number of benzene rings is 1. The minimum atomic E-state index is -0.317. The van der Waals surface area contributed by atoms with Gasteiger partial charge in [-0.3, -0.25) is 9.59 Å². The number of carbonyl (C=O) groups excluding carboxylic acids is 2. The van der Waals surface area contributed by atoms with Crippen molar-refractivity contribution in [2.24, 2.45) is 17.0 Å². The van der Waals surface area contributed by atoms with Crippen LogP contribution in [0.1, 0.15) is 25.3 Å². The van der Waals surface area contributed by atoms with Gasteiger partial charge in [0.15, 0.2) is 5.34 Å². The van der Waals surface area contributed by atoms with Crippen LogP contribution in [0.2, 0.25) is 0 Å². The Morgan fingerprint density at radius 3 is 2.61 bits per heavy atom. The second-order valence-electron chi connectivity index (χ2n) is 5.14. The Balaban J connectivity index is 2.35. The lowest BCUT2D eigenvalue weighted by molar-refractivity contribution is -0.127. The molecule has 0 aliphatic rings. The average molecular weight is 322 g/mol. The number of nitrogens with one attached hydrogen (secondary N) is 2. The molecular weight excluding hydrogens is 300 g/mol. The first-order chi connectivity index (χ1) is 11.1. The van der Waals surface area contributed by atoms with E-state index in [1.807, 2.05) is 0 Å². The maximum absolute atomic E-state index is 11.8. The molecule has 0 heterocycles. The predicted octanol–water partition coefficient (Wildman–Crippen LogP) is 1.31. The van der Waals surface area contributed by atoms with Gasteiger partial charge in [-0.1, -0.05) is 19.1 Å². The molecule has 0 fully saturated rings. The number of amides is 2. The summed E-state index contributed by atoms with van der Waals surface area (Å²) >= 11 is 0. The van der Waals surface area contributed by atoms with Crippen molar-refractivity contribution >= 4 is 17.5 Å². The fourth-order valence-corrected chi connectivity index (χ4v) is 1.89. The minimum Gasteiger partial charge on any atom is -0.359 e. The van der Waals surface area contributed by atoms with Crippen LogP contribution in [0, 0.1) is 10.8 Å². The minimum absolute atomic E-state index is 0.0778. The highest BCUT2D eigenvalue weighted by Gasteiger charge is 2.13. The van der Waals surface area contributed by atoms with Gasteiger partial charge >= 0.3 is 0 Å². The zero-order chi connectivity index (χ0) is 17.1. The van der Waals surface area contributed by atoms with Crippen molar-refractivity contribution in [1.29, 1.82) is 0 Å². The molecule has 0 saturated heterocycles. The average Bonchev–Trinajstić information content (AvgIpc) is 2.56. The maximum Gasteiger partial charge on any atom is 0.243 e. The molecule has 1 aromatic rings. The van der Waals surface area contributed by atoms with Gasteiger partial charge < -0.3 is 21.2 Å². The van der Waals surface area contributed by atoms with Gasteiger partial charge in [-0.05, 0) is 37.1 Å². The van der Waals surface area contributed by atoms with Crippen molar-refractivity contribution in [1.82, 2.24) is 5.32 Å². The van der Waals surface area contributed by atoms with E-state index in [1.54, 1.807) is 31.2 Å². The van der Waals surface area contributed by atoms with Gasteiger partial charge in [0.05, 0.1) is 6.54 Å². The Morgan fingerprint density at radius 1 is 1.30 bits per heavy atom. The normalized spacial score (nSPS) is 11.4. The quantitative estimate of drug-likeness (QED) is 0.443. The summed E-state index contributed by atoms with van der Waals surface area (Å²) < 4.78 is 0. The highest BCUT2D eigenvalue weighted by molar-refractivity contribution is 5.94. The van der Waals surface area contributed by atoms with Crippen molar-refractivity contribution in [3.05, 3.63) is 34.7 Å². The van der Waals surface area contributed by atoms with Crippen LogP contribution in [0.25, 0.3) is 0 Å². The third kappa shape index (κ3) is 7.37. The van der Waals surface area contributed by atoms with E-state index in [9.17, 15) is 14.5 Å². The molecule has 1 atom stereocenters. The molecule has 23 heavy (non-hydrogen) atoms. The van der Waals surface area contributed by atoms with Crippen LogP contribution < -0.4 is 16.4 Å². The Kier molecular flexibility index (Phi) is 8.30. The van der Waals surface area contributed by atoms with Gasteiger partial charge in [-0.25, -0.2) is 0 Å². The van der Waals surface area contributed by atoms with E-state index in [0.29, 0.717) is 18.7 Å². The Bertz CT molecular complexity index is 519. The molecule has 1 aromatic carbocycles. The lowest BCUT2D eigenvalue weighted by Crippen LogP contribution is -2.36. The first-order valence-corrected chi connectivity index (χ1v) is 7.38. The number of nitrogens with zero attached hydrogens (tertiary/aromatic N) is 1. The molecule has 0 aromatic heterocycles. The molecule has 2 amide bonds. The summed E-state index contributed by atoms with van der Waals surface area (Å²) in [5, 5.41) is 7.56. The first kappa shape index (κ1) is 18.6. The predicted molar refractivity (Wildman–Crippen MR) is 86.1 cm³/mol. The standard InChI is InChI=1S/C15H22N4O4/c1-11(3-2-8-16)15(21)17-9-14(20)18-13-6-4-12(5-7-13)10-23-19-22/h4-7,11H,2-3,8-10,16H2,1H3,(H,17,21)(H,18,20). The van der Waals surface area contributed by atoms with Crippen molar-refractivity contribution < 1.29 is 14.4 Å². The van der Waals surface area contributed by atoms with Crippen LogP contribution in [0.15, 0.2) is 29.6 Å². The van der Waals surface area contributed by atoms with Gasteiger partial charge in [0.25, 0.3) is 0 Å². The van der Waals surface area contributed by atoms with Crippen molar-refractivity contribution in [3.63, 3.8) is 0 Å². The van der Waals surface area contributed by atoms with E-state index >= 15 is 0 Å². The molecule has 0 bridgehead atoms. The van der Waals surface area contributed by atoms with Gasteiger partial charge in [0.1, 0.15) is 6.61 Å². The molecule has 126 valence electrons. The molecule has 1 unspecified atom stereocenters. The third-order valence-corrected chi connectivity index (χ3v) is 3.23. The summed E-state index contributed by atoms with van der Waals surface area (Å²) in [7, 11) is 0. The molecule has 0 radical (unpaired) electrons. The Labute approximate surface area is 134 Å². The van der Waals surface area contributed by atoms with E-state index in [4.69, 9.17) is 5.73 Å². The summed E-state index contributed by atoms with van der Waals surface area (Å²) in [6.07, 6.45) is 1.47. The highest BCUT2D eigenvalue weighted by atomic mass is 16.7. The fourth-order valence-electron chi connectivity index (χ4n) is 1.89. The molecule has 1 rings (SSSR count). The summed E-state index contributed by atoms with van der Waals surface area (Å²) in [4.78, 5) is 37.8. The van der Waals surface area contributed by atoms with Crippen LogP contribution in [-0.2, 0) is 21.0 Å². The fraction of sp³-hybridized carbons (Fsp3) is 0.467. The molecular formula is C15H22N4O4. The largest absolute Gasteiger partial charge is 0.359 e. The van der Waals surface area contributed by atoms with Crippen LogP contribution in [0.3, 0.4) is 0 Å². The second kappa shape index (κ2) is 10.3. The smallest absolute Gasteiger partial charge is 0.243 e. The van der Waals surface area contributed by atoms with Crippen LogP contribution in [-0.4, -0.2) is 24.9 Å². The third-order valence-electron chi connectivity index (χ3n) is 3.23.